The van der Waals surface area contributed by atoms with E-state index in [1.807, 2.05) is 17.5 Å². The van der Waals surface area contributed by atoms with Gasteiger partial charge in [-0.3, -0.25) is 10.1 Å². The van der Waals surface area contributed by atoms with Crippen LogP contribution in [0.4, 0.5) is 5.69 Å². The van der Waals surface area contributed by atoms with E-state index in [4.69, 9.17) is 9.15 Å². The highest BCUT2D eigenvalue weighted by atomic mass is 32.1. The highest BCUT2D eigenvalue weighted by molar-refractivity contribution is 7.13. The Kier molecular flexibility index (Phi) is 5.65. The van der Waals surface area contributed by atoms with Crippen molar-refractivity contribution in [2.45, 2.75) is 6.61 Å². The van der Waals surface area contributed by atoms with Gasteiger partial charge in [-0.2, -0.15) is 5.26 Å². The summed E-state index contributed by atoms with van der Waals surface area (Å²) < 4.78 is 10.9. The third kappa shape index (κ3) is 4.05. The first kappa shape index (κ1) is 20.8. The van der Waals surface area contributed by atoms with Gasteiger partial charge >= 0.3 is 0 Å². The van der Waals surface area contributed by atoms with Gasteiger partial charge in [0.2, 0.25) is 5.88 Å². The molecule has 0 fully saturated rings. The minimum absolute atomic E-state index is 0.00660. The van der Waals surface area contributed by atoms with Crippen LogP contribution >= 0.6 is 11.3 Å². The first-order chi connectivity index (χ1) is 15.5. The van der Waals surface area contributed by atoms with Gasteiger partial charge in [0, 0.05) is 22.8 Å². The summed E-state index contributed by atoms with van der Waals surface area (Å²) in [5.41, 5.74) is 1.25. The fourth-order valence-electron chi connectivity index (χ4n) is 3.06. The highest BCUT2D eigenvalue weighted by Gasteiger charge is 2.20. The second-order valence-electron chi connectivity index (χ2n) is 6.51. The number of nitrogens with zero attached hydrogens (tertiary/aromatic N) is 3. The molecule has 10 heteroatoms. The maximum Gasteiger partial charge on any atom is 0.276 e. The minimum atomic E-state index is -1.53. The van der Waals surface area contributed by atoms with Gasteiger partial charge in [0.15, 0.2) is 0 Å². The van der Waals surface area contributed by atoms with Crippen LogP contribution in [0.3, 0.4) is 0 Å². The molecule has 3 aromatic heterocycles. The lowest BCUT2D eigenvalue weighted by Crippen LogP contribution is -2.22. The molecule has 0 unspecified atom stereocenters. The number of furan rings is 1. The molecule has 0 bridgehead atoms. The van der Waals surface area contributed by atoms with Crippen LogP contribution in [0.1, 0.15) is 21.5 Å². The van der Waals surface area contributed by atoms with Crippen LogP contribution in [0, 0.1) is 21.4 Å². The molecule has 1 aromatic carbocycles. The van der Waals surface area contributed by atoms with Crippen molar-refractivity contribution in [1.29, 1.82) is 5.26 Å². The van der Waals surface area contributed by atoms with Crippen molar-refractivity contribution in [3.63, 3.8) is 0 Å². The fraction of sp³-hybridized carbons (Fsp3) is 0.0455. The summed E-state index contributed by atoms with van der Waals surface area (Å²) in [7, 11) is 0. The van der Waals surface area contributed by atoms with Crippen molar-refractivity contribution in [3.05, 3.63) is 87.2 Å². The normalized spacial score (nSPS) is 10.5. The number of hydrogen-bond donors (Lipinski definition) is 0. The third-order valence-electron chi connectivity index (χ3n) is 4.59. The number of ether oxygens (including phenoxy) is 1. The van der Waals surface area contributed by atoms with Crippen molar-refractivity contribution in [3.8, 4) is 33.6 Å². The lowest BCUT2D eigenvalue weighted by molar-refractivity contribution is -0.385. The zero-order valence-electron chi connectivity index (χ0n) is 16.2. The van der Waals surface area contributed by atoms with Gasteiger partial charge in [-0.1, -0.05) is 12.1 Å². The molecular formula is C22H12N3O6S-. The van der Waals surface area contributed by atoms with Gasteiger partial charge in [-0.25, -0.2) is 4.98 Å². The smallest absolute Gasteiger partial charge is 0.276 e. The van der Waals surface area contributed by atoms with Crippen molar-refractivity contribution in [2.75, 3.05) is 0 Å². The number of carbonyl (C=O) groups is 1. The number of benzene rings is 1. The molecule has 0 aliphatic heterocycles. The molecule has 4 rings (SSSR count). The molecule has 3 heterocycles. The maximum absolute atomic E-state index is 11.4. The van der Waals surface area contributed by atoms with Crippen LogP contribution in [-0.2, 0) is 6.61 Å². The molecule has 0 spiro atoms. The van der Waals surface area contributed by atoms with E-state index in [0.29, 0.717) is 16.8 Å². The number of nitro groups is 1. The van der Waals surface area contributed by atoms with Gasteiger partial charge in [-0.05, 0) is 29.6 Å². The van der Waals surface area contributed by atoms with Gasteiger partial charge in [0.1, 0.15) is 18.2 Å². The Labute approximate surface area is 184 Å². The summed E-state index contributed by atoms with van der Waals surface area (Å²) in [5.74, 6) is -1.53. The van der Waals surface area contributed by atoms with Crippen LogP contribution in [0.2, 0.25) is 0 Å². The summed E-state index contributed by atoms with van der Waals surface area (Å²) in [5, 5.41) is 34.1. The monoisotopic (exact) mass is 446 g/mol. The first-order valence-electron chi connectivity index (χ1n) is 9.11. The Bertz CT molecular complexity index is 1340. The molecule has 0 amide bonds. The zero-order valence-corrected chi connectivity index (χ0v) is 17.0. The number of carbonyl (C=O) groups excluding carboxylic acids is 1. The summed E-state index contributed by atoms with van der Waals surface area (Å²) >= 11 is 1.45. The molecule has 0 radical (unpaired) electrons. The molecule has 158 valence electrons. The van der Waals surface area contributed by atoms with Crippen LogP contribution in [0.25, 0.3) is 21.7 Å². The van der Waals surface area contributed by atoms with E-state index in [2.05, 4.69) is 11.1 Å². The number of carboxylic acids is 1. The van der Waals surface area contributed by atoms with Gasteiger partial charge in [-0.15, -0.1) is 11.3 Å². The summed E-state index contributed by atoms with van der Waals surface area (Å²) in [6.07, 6.45) is 2.96. The Balaban J connectivity index is 1.76. The van der Waals surface area contributed by atoms with Crippen LogP contribution in [0.5, 0.6) is 5.88 Å². The predicted octanol–water partition coefficient (Wildman–Crippen LogP) is 3.79. The molecule has 0 saturated heterocycles. The molecule has 0 saturated carbocycles. The lowest BCUT2D eigenvalue weighted by Gasteiger charge is -2.13. The maximum atomic E-state index is 11.4. The van der Waals surface area contributed by atoms with Crippen LogP contribution in [0.15, 0.2) is 64.8 Å². The van der Waals surface area contributed by atoms with E-state index in [-0.39, 0.29) is 29.2 Å². The predicted molar refractivity (Wildman–Crippen MR) is 112 cm³/mol. The Morgan fingerprint density at radius 3 is 2.75 bits per heavy atom. The largest absolute Gasteiger partial charge is 0.545 e. The SMILES string of the molecule is N#Cc1c(-c2ccoc2)cc(-c2cccs2)nc1OCc1ccc(C(=O)[O-])cc1[N+](=O)[O-]. The van der Waals surface area contributed by atoms with Crippen molar-refractivity contribution >= 4 is 23.0 Å². The van der Waals surface area contributed by atoms with E-state index < -0.39 is 16.6 Å². The number of pyridine rings is 1. The second-order valence-corrected chi connectivity index (χ2v) is 7.46. The van der Waals surface area contributed by atoms with E-state index in [9.17, 15) is 25.3 Å². The minimum Gasteiger partial charge on any atom is -0.545 e. The van der Waals surface area contributed by atoms with Gasteiger partial charge in [0.25, 0.3) is 5.69 Å². The first-order valence-corrected chi connectivity index (χ1v) is 9.99. The molecule has 0 aliphatic carbocycles. The van der Waals surface area contributed by atoms with Crippen LogP contribution in [-0.4, -0.2) is 15.9 Å². The van der Waals surface area contributed by atoms with Gasteiger partial charge < -0.3 is 19.1 Å². The number of aromatic nitrogens is 1. The van der Waals surface area contributed by atoms with E-state index in [1.165, 1.54) is 36.0 Å². The zero-order chi connectivity index (χ0) is 22.7. The Morgan fingerprint density at radius 2 is 2.12 bits per heavy atom. The molecule has 9 nitrogen and oxygen atoms in total. The number of hydrogen-bond acceptors (Lipinski definition) is 9. The van der Waals surface area contributed by atoms with Crippen LogP contribution < -0.4 is 9.84 Å². The quantitative estimate of drug-likeness (QED) is 0.308. The van der Waals surface area contributed by atoms with Crippen molar-refractivity contribution in [1.82, 2.24) is 4.98 Å². The fourth-order valence-corrected chi connectivity index (χ4v) is 3.75. The average Bonchev–Trinajstić information content (AvgIpc) is 3.51. The molecule has 0 aliphatic rings. The number of nitriles is 1. The standard InChI is InChI=1S/C22H13N3O6S/c23-10-17-16(14-5-6-30-11-14)9-18(20-2-1-7-32-20)24-21(17)31-12-15-4-3-13(22(26)27)8-19(15)25(28)29/h1-9,11H,12H2,(H,26,27)/p-1. The number of carboxylic acid groups (broad SMARTS) is 1. The molecule has 0 atom stereocenters. The topological polar surface area (TPSA) is 142 Å². The van der Waals surface area contributed by atoms with Crippen molar-refractivity contribution < 1.29 is 24.0 Å². The molecule has 32 heavy (non-hydrogen) atoms. The Hall–Kier alpha value is -4.49. The molecule has 4 aromatic rings. The van der Waals surface area contributed by atoms with E-state index >= 15 is 0 Å². The molecule has 0 N–H and O–H groups in total. The number of thiophene rings is 1. The lowest BCUT2D eigenvalue weighted by atomic mass is 10.0. The third-order valence-corrected chi connectivity index (χ3v) is 5.48. The summed E-state index contributed by atoms with van der Waals surface area (Å²) in [6.45, 7) is -0.302. The number of aromatic carboxylic acids is 1. The second kappa shape index (κ2) is 8.71. The number of rotatable bonds is 7. The van der Waals surface area contributed by atoms with Crippen molar-refractivity contribution in [2.24, 2.45) is 0 Å². The average molecular weight is 446 g/mol. The summed E-state index contributed by atoms with van der Waals surface area (Å²) in [6, 6.07) is 12.6. The van der Waals surface area contributed by atoms with E-state index in [1.54, 1.807) is 12.1 Å². The summed E-state index contributed by atoms with van der Waals surface area (Å²) in [4.78, 5) is 27.0. The Morgan fingerprint density at radius 1 is 1.28 bits per heavy atom. The van der Waals surface area contributed by atoms with E-state index in [0.717, 1.165) is 10.9 Å². The highest BCUT2D eigenvalue weighted by Crippen LogP contribution is 2.35. The van der Waals surface area contributed by atoms with Gasteiger partial charge in [0.05, 0.1) is 39.6 Å². The molecular weight excluding hydrogens is 434 g/mol. The number of nitro benzene ring substituents is 1.